The lowest BCUT2D eigenvalue weighted by atomic mass is 10.4. The van der Waals surface area contributed by atoms with Crippen molar-refractivity contribution in [2.24, 2.45) is 0 Å². The molecule has 0 atom stereocenters. The summed E-state index contributed by atoms with van der Waals surface area (Å²) < 4.78 is 6.30. The van der Waals surface area contributed by atoms with E-state index in [0.29, 0.717) is 5.88 Å². The zero-order valence-corrected chi connectivity index (χ0v) is 11.2. The van der Waals surface area contributed by atoms with Gasteiger partial charge in [0.1, 0.15) is 0 Å². The molecule has 1 heterocycles. The minimum absolute atomic E-state index is 0.167. The van der Waals surface area contributed by atoms with Crippen LogP contribution in [0.4, 0.5) is 0 Å². The molecule has 0 aliphatic heterocycles. The first-order chi connectivity index (χ1) is 6.91. The fraction of sp³-hybridized carbons (Fsp3) is 0.545. The van der Waals surface area contributed by atoms with Gasteiger partial charge in [-0.05, 0) is 49.7 Å². The fourth-order valence-corrected chi connectivity index (χ4v) is 0.908. The molecular weight excluding hydrogens is 258 g/mol. The molecule has 86 valence electrons. The van der Waals surface area contributed by atoms with Crippen LogP contribution >= 0.6 is 15.9 Å². The number of halogens is 1. The molecule has 0 unspecified atom stereocenters. The molecule has 0 saturated heterocycles. The third kappa shape index (κ3) is 9.69. The van der Waals surface area contributed by atoms with Crippen LogP contribution in [0.2, 0.25) is 0 Å². The van der Waals surface area contributed by atoms with Gasteiger partial charge in [0.2, 0.25) is 5.88 Å². The summed E-state index contributed by atoms with van der Waals surface area (Å²) in [6.07, 6.45) is 1.74. The zero-order chi connectivity index (χ0) is 11.8. The number of aliphatic hydroxyl groups is 1. The molecule has 1 N–H and O–H groups in total. The van der Waals surface area contributed by atoms with Crippen molar-refractivity contribution in [3.05, 3.63) is 22.8 Å². The molecule has 15 heavy (non-hydrogen) atoms. The van der Waals surface area contributed by atoms with Crippen LogP contribution in [0.5, 0.6) is 5.88 Å². The predicted octanol–water partition coefficient (Wildman–Crippen LogP) is 3.02. The van der Waals surface area contributed by atoms with Crippen molar-refractivity contribution in [1.29, 1.82) is 0 Å². The number of rotatable bonds is 2. The summed E-state index contributed by atoms with van der Waals surface area (Å²) in [7, 11) is 0. The third-order valence-electron chi connectivity index (χ3n) is 1.06. The zero-order valence-electron chi connectivity index (χ0n) is 9.57. The minimum Gasteiger partial charge on any atom is -0.475 e. The fourth-order valence-electron chi connectivity index (χ4n) is 0.673. The second kappa shape index (κ2) is 7.65. The second-order valence-electron chi connectivity index (χ2n) is 3.58. The molecule has 1 aromatic heterocycles. The molecule has 0 saturated carbocycles. The lowest BCUT2D eigenvalue weighted by molar-refractivity contribution is 0.216. The largest absolute Gasteiger partial charge is 0.475 e. The molecule has 0 aliphatic carbocycles. The van der Waals surface area contributed by atoms with Gasteiger partial charge in [0.15, 0.2) is 0 Å². The topological polar surface area (TPSA) is 42.4 Å². The van der Waals surface area contributed by atoms with Crippen LogP contribution in [0.25, 0.3) is 0 Å². The standard InChI is InChI=1S/C8H10BrNO.C3H8O/c1-6(2)11-8-4-3-7(9)5-10-8;1-3(2)4/h3-6H,1-2H3;3-4H,1-2H3. The first-order valence-corrected chi connectivity index (χ1v) is 5.67. The molecule has 0 bridgehead atoms. The molecule has 0 radical (unpaired) electrons. The molecule has 1 rings (SSSR count). The summed E-state index contributed by atoms with van der Waals surface area (Å²) in [5.74, 6) is 0.670. The number of nitrogens with zero attached hydrogens (tertiary/aromatic N) is 1. The van der Waals surface area contributed by atoms with Crippen molar-refractivity contribution in [3.63, 3.8) is 0 Å². The Balaban J connectivity index is 0.000000423. The van der Waals surface area contributed by atoms with Gasteiger partial charge < -0.3 is 9.84 Å². The van der Waals surface area contributed by atoms with Crippen LogP contribution in [0.3, 0.4) is 0 Å². The Hall–Kier alpha value is -0.610. The SMILES string of the molecule is CC(C)O.CC(C)Oc1ccc(Br)cn1. The van der Waals surface area contributed by atoms with Gasteiger partial charge in [-0.3, -0.25) is 0 Å². The van der Waals surface area contributed by atoms with Gasteiger partial charge in [-0.25, -0.2) is 4.98 Å². The summed E-state index contributed by atoms with van der Waals surface area (Å²) in [6, 6.07) is 3.74. The average molecular weight is 276 g/mol. The molecule has 0 fully saturated rings. The van der Waals surface area contributed by atoms with Gasteiger partial charge in [0.05, 0.1) is 6.10 Å². The predicted molar refractivity (Wildman–Crippen MR) is 65.1 cm³/mol. The Labute approximate surface area is 99.6 Å². The van der Waals surface area contributed by atoms with Crippen LogP contribution < -0.4 is 4.74 Å². The van der Waals surface area contributed by atoms with E-state index in [1.54, 1.807) is 20.0 Å². The molecule has 0 amide bonds. The van der Waals surface area contributed by atoms with Gasteiger partial charge >= 0.3 is 0 Å². The highest BCUT2D eigenvalue weighted by Gasteiger charge is 1.96. The average Bonchev–Trinajstić information content (AvgIpc) is 2.07. The summed E-state index contributed by atoms with van der Waals surface area (Å²) >= 11 is 3.29. The van der Waals surface area contributed by atoms with E-state index in [1.165, 1.54) is 0 Å². The van der Waals surface area contributed by atoms with Gasteiger partial charge in [-0.15, -0.1) is 0 Å². The Morgan fingerprint density at radius 2 is 1.80 bits per heavy atom. The number of hydrogen-bond acceptors (Lipinski definition) is 3. The number of aromatic nitrogens is 1. The molecule has 1 aromatic rings. The molecular formula is C11H18BrNO2. The monoisotopic (exact) mass is 275 g/mol. The van der Waals surface area contributed by atoms with Crippen molar-refractivity contribution >= 4 is 15.9 Å². The van der Waals surface area contributed by atoms with E-state index in [0.717, 1.165) is 4.47 Å². The van der Waals surface area contributed by atoms with Crippen LogP contribution in [0, 0.1) is 0 Å². The van der Waals surface area contributed by atoms with Crippen molar-refractivity contribution in [3.8, 4) is 5.88 Å². The first-order valence-electron chi connectivity index (χ1n) is 4.88. The molecule has 0 aromatic carbocycles. The normalized spacial score (nSPS) is 9.87. The van der Waals surface area contributed by atoms with Crippen LogP contribution in [-0.4, -0.2) is 22.3 Å². The van der Waals surface area contributed by atoms with Gasteiger partial charge in [0.25, 0.3) is 0 Å². The molecule has 0 aliphatic rings. The Bertz CT molecular complexity index is 257. The van der Waals surface area contributed by atoms with E-state index in [4.69, 9.17) is 9.84 Å². The van der Waals surface area contributed by atoms with E-state index in [2.05, 4.69) is 20.9 Å². The lowest BCUT2D eigenvalue weighted by Gasteiger charge is -2.07. The maximum Gasteiger partial charge on any atom is 0.213 e. The van der Waals surface area contributed by atoms with E-state index < -0.39 is 0 Å². The Morgan fingerprint density at radius 3 is 2.13 bits per heavy atom. The highest BCUT2D eigenvalue weighted by atomic mass is 79.9. The Morgan fingerprint density at radius 1 is 1.27 bits per heavy atom. The summed E-state index contributed by atoms with van der Waals surface area (Å²) in [6.45, 7) is 7.40. The van der Waals surface area contributed by atoms with E-state index in [-0.39, 0.29) is 12.2 Å². The Kier molecular flexibility index (Phi) is 7.34. The van der Waals surface area contributed by atoms with E-state index >= 15 is 0 Å². The van der Waals surface area contributed by atoms with Gasteiger partial charge in [-0.1, -0.05) is 0 Å². The van der Waals surface area contributed by atoms with E-state index in [1.807, 2.05) is 26.0 Å². The van der Waals surface area contributed by atoms with Crippen molar-refractivity contribution < 1.29 is 9.84 Å². The van der Waals surface area contributed by atoms with Crippen LogP contribution in [-0.2, 0) is 0 Å². The van der Waals surface area contributed by atoms with Crippen LogP contribution in [0.1, 0.15) is 27.7 Å². The quantitative estimate of drug-likeness (QED) is 0.902. The maximum absolute atomic E-state index is 8.06. The van der Waals surface area contributed by atoms with Crippen molar-refractivity contribution in [2.45, 2.75) is 39.9 Å². The smallest absolute Gasteiger partial charge is 0.213 e. The number of aliphatic hydroxyl groups excluding tert-OH is 1. The van der Waals surface area contributed by atoms with Gasteiger partial charge in [0, 0.05) is 22.8 Å². The summed E-state index contributed by atoms with van der Waals surface area (Å²) in [5, 5.41) is 8.06. The van der Waals surface area contributed by atoms with Crippen LogP contribution in [0.15, 0.2) is 22.8 Å². The summed E-state index contributed by atoms with van der Waals surface area (Å²) in [5.41, 5.74) is 0. The lowest BCUT2D eigenvalue weighted by Crippen LogP contribution is -2.06. The van der Waals surface area contributed by atoms with Crippen molar-refractivity contribution in [1.82, 2.24) is 4.98 Å². The van der Waals surface area contributed by atoms with E-state index in [9.17, 15) is 0 Å². The minimum atomic E-state index is -0.167. The maximum atomic E-state index is 8.06. The number of pyridine rings is 1. The summed E-state index contributed by atoms with van der Waals surface area (Å²) in [4.78, 5) is 4.05. The molecule has 0 spiro atoms. The number of ether oxygens (including phenoxy) is 1. The molecule has 3 nitrogen and oxygen atoms in total. The molecule has 4 heteroatoms. The highest BCUT2D eigenvalue weighted by molar-refractivity contribution is 9.10. The number of hydrogen-bond donors (Lipinski definition) is 1. The third-order valence-corrected chi connectivity index (χ3v) is 1.53. The second-order valence-corrected chi connectivity index (χ2v) is 4.49. The highest BCUT2D eigenvalue weighted by Crippen LogP contribution is 2.12. The first kappa shape index (κ1) is 14.4. The van der Waals surface area contributed by atoms with Crippen molar-refractivity contribution in [2.75, 3.05) is 0 Å². The van der Waals surface area contributed by atoms with Gasteiger partial charge in [-0.2, -0.15) is 0 Å².